The highest BCUT2D eigenvalue weighted by molar-refractivity contribution is 6.08. The highest BCUT2D eigenvalue weighted by Gasteiger charge is 2.46. The van der Waals surface area contributed by atoms with Gasteiger partial charge in [0.15, 0.2) is 5.78 Å². The lowest BCUT2D eigenvalue weighted by Crippen LogP contribution is -2.46. The van der Waals surface area contributed by atoms with Crippen molar-refractivity contribution in [3.63, 3.8) is 0 Å². The molecule has 11 heteroatoms. The van der Waals surface area contributed by atoms with Gasteiger partial charge in [-0.3, -0.25) is 14.4 Å². The summed E-state index contributed by atoms with van der Waals surface area (Å²) in [6, 6.07) is 0. The van der Waals surface area contributed by atoms with Gasteiger partial charge in [0, 0.05) is 11.8 Å². The summed E-state index contributed by atoms with van der Waals surface area (Å²) in [5.74, 6) is -2.11. The van der Waals surface area contributed by atoms with Crippen molar-refractivity contribution >= 4 is 23.4 Å². The molecule has 0 saturated heterocycles. The Labute approximate surface area is 240 Å². The molecule has 1 saturated carbocycles. The lowest BCUT2D eigenvalue weighted by Gasteiger charge is -2.43. The summed E-state index contributed by atoms with van der Waals surface area (Å²) in [7, 11) is 0. The number of aliphatic hydroxyl groups is 2. The van der Waals surface area contributed by atoms with Gasteiger partial charge in [-0.15, -0.1) is 0 Å². The second-order valence-electron chi connectivity index (χ2n) is 10.9. The first kappa shape index (κ1) is 32.2. The predicted octanol–water partition coefficient (Wildman–Crippen LogP) is 3.69. The van der Waals surface area contributed by atoms with Crippen LogP contribution in [-0.4, -0.2) is 63.7 Å². The van der Waals surface area contributed by atoms with Crippen molar-refractivity contribution in [2.24, 2.45) is 28.8 Å². The van der Waals surface area contributed by atoms with Gasteiger partial charge in [0.25, 0.3) is 0 Å². The van der Waals surface area contributed by atoms with E-state index in [-0.39, 0.29) is 67.9 Å². The van der Waals surface area contributed by atoms with Crippen LogP contribution in [0, 0.1) is 23.7 Å². The molecule has 1 aromatic heterocycles. The fraction of sp³-hybridized carbons (Fsp3) is 0.633. The molecule has 1 heterocycles. The Bertz CT molecular complexity index is 1100. The first-order valence-corrected chi connectivity index (χ1v) is 14.3. The van der Waals surface area contributed by atoms with Crippen molar-refractivity contribution in [2.45, 2.75) is 90.6 Å². The topological polar surface area (TPSA) is 158 Å². The van der Waals surface area contributed by atoms with E-state index in [1.807, 2.05) is 20.8 Å². The summed E-state index contributed by atoms with van der Waals surface area (Å²) in [5, 5.41) is 28.9. The molecule has 2 aliphatic carbocycles. The smallest absolute Gasteiger partial charge is 0.308 e. The number of aliphatic hydroxyl groups excluding tert-OH is 2. The number of oxime groups is 1. The standard InChI is InChI=1S/C30H42N2O9/c1-5-11-38-28(36)13-22(34)12-21(33)7-8-23-19(4)26(35)14-24-25(32-40-17-20-15-31-39-16-20)9-10-27(29(23)24)41-30(37)18(3)6-2/h5,14-16,18-19,21-23,27,29,33-34H,1,6-13,17H2,2-4H3. The van der Waals surface area contributed by atoms with Crippen LogP contribution in [0.4, 0.5) is 0 Å². The molecule has 1 fully saturated rings. The Kier molecular flexibility index (Phi) is 12.3. The van der Waals surface area contributed by atoms with Crippen LogP contribution >= 0.6 is 0 Å². The van der Waals surface area contributed by atoms with Crippen molar-refractivity contribution < 1.29 is 43.4 Å². The van der Waals surface area contributed by atoms with Crippen LogP contribution < -0.4 is 0 Å². The Balaban J connectivity index is 1.75. The molecule has 2 aliphatic rings. The second-order valence-corrected chi connectivity index (χ2v) is 10.9. The fourth-order valence-corrected chi connectivity index (χ4v) is 5.37. The molecule has 0 radical (unpaired) electrons. The van der Waals surface area contributed by atoms with E-state index >= 15 is 0 Å². The largest absolute Gasteiger partial charge is 0.461 e. The average molecular weight is 575 g/mol. The van der Waals surface area contributed by atoms with Gasteiger partial charge in [0.1, 0.15) is 25.6 Å². The maximum absolute atomic E-state index is 13.1. The highest BCUT2D eigenvalue weighted by Crippen LogP contribution is 2.45. The molecule has 0 aliphatic heterocycles. The molecule has 0 aromatic carbocycles. The third-order valence-electron chi connectivity index (χ3n) is 7.92. The number of ether oxygens (including phenoxy) is 2. The van der Waals surface area contributed by atoms with E-state index in [2.05, 4.69) is 16.9 Å². The van der Waals surface area contributed by atoms with Crippen LogP contribution in [0.25, 0.3) is 0 Å². The number of rotatable bonds is 15. The summed E-state index contributed by atoms with van der Waals surface area (Å²) in [6.45, 7) is 9.28. The molecule has 0 amide bonds. The zero-order valence-electron chi connectivity index (χ0n) is 24.1. The number of carbonyl (C=O) groups is 3. The van der Waals surface area contributed by atoms with Gasteiger partial charge < -0.3 is 29.0 Å². The quantitative estimate of drug-likeness (QED) is 0.180. The van der Waals surface area contributed by atoms with E-state index in [1.54, 1.807) is 6.08 Å². The summed E-state index contributed by atoms with van der Waals surface area (Å²) in [6.07, 6.45) is 5.70. The van der Waals surface area contributed by atoms with E-state index in [0.717, 1.165) is 0 Å². The number of fused-ring (bicyclic) bond motifs is 1. The number of ketones is 1. The van der Waals surface area contributed by atoms with E-state index in [4.69, 9.17) is 18.8 Å². The number of carbonyl (C=O) groups excluding carboxylic acids is 3. The van der Waals surface area contributed by atoms with Crippen LogP contribution in [-0.2, 0) is 35.3 Å². The van der Waals surface area contributed by atoms with Crippen LogP contribution in [0.2, 0.25) is 0 Å². The predicted molar refractivity (Wildman–Crippen MR) is 148 cm³/mol. The second kappa shape index (κ2) is 15.6. The monoisotopic (exact) mass is 574 g/mol. The van der Waals surface area contributed by atoms with Gasteiger partial charge in [-0.05, 0) is 56.1 Å². The number of allylic oxidation sites excluding steroid dienone is 1. The molecule has 1 aromatic rings. The number of hydrogen-bond acceptors (Lipinski definition) is 11. The van der Waals surface area contributed by atoms with Crippen molar-refractivity contribution in [3.05, 3.63) is 42.3 Å². The first-order valence-electron chi connectivity index (χ1n) is 14.3. The Morgan fingerprint density at radius 3 is 2.78 bits per heavy atom. The van der Waals surface area contributed by atoms with Crippen LogP contribution in [0.3, 0.4) is 0 Å². The number of hydrogen-bond donors (Lipinski definition) is 2. The minimum Gasteiger partial charge on any atom is -0.461 e. The van der Waals surface area contributed by atoms with Gasteiger partial charge >= 0.3 is 11.9 Å². The van der Waals surface area contributed by atoms with Crippen LogP contribution in [0.5, 0.6) is 0 Å². The molecular weight excluding hydrogens is 532 g/mol. The fourth-order valence-electron chi connectivity index (χ4n) is 5.37. The molecule has 226 valence electrons. The summed E-state index contributed by atoms with van der Waals surface area (Å²) < 4.78 is 15.7. The van der Waals surface area contributed by atoms with E-state index in [9.17, 15) is 24.6 Å². The van der Waals surface area contributed by atoms with Crippen LogP contribution in [0.1, 0.15) is 71.3 Å². The summed E-state index contributed by atoms with van der Waals surface area (Å²) in [4.78, 5) is 43.3. The Morgan fingerprint density at radius 2 is 2.10 bits per heavy atom. The van der Waals surface area contributed by atoms with Crippen molar-refractivity contribution in [3.8, 4) is 0 Å². The van der Waals surface area contributed by atoms with Gasteiger partial charge in [0.2, 0.25) is 0 Å². The molecule has 2 N–H and O–H groups in total. The molecule has 7 atom stereocenters. The van der Waals surface area contributed by atoms with Gasteiger partial charge in [0.05, 0.1) is 42.0 Å². The lowest BCUT2D eigenvalue weighted by atomic mass is 9.63. The summed E-state index contributed by atoms with van der Waals surface area (Å²) >= 11 is 0. The molecule has 0 spiro atoms. The zero-order valence-corrected chi connectivity index (χ0v) is 24.1. The molecule has 7 unspecified atom stereocenters. The third-order valence-corrected chi connectivity index (χ3v) is 7.92. The first-order chi connectivity index (χ1) is 19.6. The number of nitrogens with zero attached hydrogens (tertiary/aromatic N) is 2. The molecule has 0 bridgehead atoms. The minimum absolute atomic E-state index is 0.0125. The van der Waals surface area contributed by atoms with Crippen molar-refractivity contribution in [2.75, 3.05) is 6.61 Å². The van der Waals surface area contributed by atoms with E-state index in [1.165, 1.54) is 18.5 Å². The third kappa shape index (κ3) is 9.09. The summed E-state index contributed by atoms with van der Waals surface area (Å²) in [5.41, 5.74) is 2.03. The number of esters is 2. The molecule has 41 heavy (non-hydrogen) atoms. The van der Waals surface area contributed by atoms with Crippen molar-refractivity contribution in [1.29, 1.82) is 0 Å². The van der Waals surface area contributed by atoms with E-state index < -0.39 is 24.3 Å². The van der Waals surface area contributed by atoms with E-state index in [0.29, 0.717) is 42.5 Å². The Hall–Kier alpha value is -3.31. The number of aromatic nitrogens is 1. The maximum Gasteiger partial charge on any atom is 0.308 e. The maximum atomic E-state index is 13.1. The molecule has 11 nitrogen and oxygen atoms in total. The average Bonchev–Trinajstić information content (AvgIpc) is 3.46. The molecule has 3 rings (SSSR count). The zero-order chi connectivity index (χ0) is 29.9. The van der Waals surface area contributed by atoms with Crippen molar-refractivity contribution in [1.82, 2.24) is 5.16 Å². The highest BCUT2D eigenvalue weighted by atomic mass is 16.6. The lowest BCUT2D eigenvalue weighted by molar-refractivity contribution is -0.158. The normalized spacial score (nSPS) is 25.4. The van der Waals surface area contributed by atoms with Gasteiger partial charge in [-0.2, -0.15) is 0 Å². The molecular formula is C30H42N2O9. The van der Waals surface area contributed by atoms with Gasteiger partial charge in [-0.1, -0.05) is 43.7 Å². The Morgan fingerprint density at radius 1 is 1.32 bits per heavy atom. The van der Waals surface area contributed by atoms with Gasteiger partial charge in [-0.25, -0.2) is 0 Å². The van der Waals surface area contributed by atoms with Crippen LogP contribution in [0.15, 0.2) is 46.4 Å². The SMILES string of the molecule is C=CCOC(=O)CC(O)CC(O)CCC1C(C)C(=O)C=C2C(=NOCc3cnoc3)CCC(OC(=O)C(C)CC)C21. The minimum atomic E-state index is -1.07.